The van der Waals surface area contributed by atoms with Gasteiger partial charge in [-0.1, -0.05) is 6.08 Å². The van der Waals surface area contributed by atoms with Crippen molar-refractivity contribution < 1.29 is 9.13 Å². The van der Waals surface area contributed by atoms with Gasteiger partial charge in [-0.05, 0) is 37.1 Å². The molecule has 1 aromatic rings. The highest BCUT2D eigenvalue weighted by Gasteiger charge is 2.15. The lowest BCUT2D eigenvalue weighted by Crippen LogP contribution is -2.29. The van der Waals surface area contributed by atoms with E-state index in [9.17, 15) is 4.39 Å². The smallest absolute Gasteiger partial charge is 0.126 e. The van der Waals surface area contributed by atoms with Crippen molar-refractivity contribution in [3.05, 3.63) is 41.7 Å². The van der Waals surface area contributed by atoms with Crippen LogP contribution < -0.4 is 10.6 Å². The van der Waals surface area contributed by atoms with Gasteiger partial charge in [0.05, 0.1) is 6.61 Å². The van der Waals surface area contributed by atoms with Crippen molar-refractivity contribution in [2.24, 2.45) is 5.73 Å². The van der Waals surface area contributed by atoms with Crippen molar-refractivity contribution in [1.29, 1.82) is 0 Å². The molecule has 0 saturated heterocycles. The van der Waals surface area contributed by atoms with Crippen LogP contribution in [-0.2, 0) is 4.74 Å². The molecule has 3 nitrogen and oxygen atoms in total. The molecule has 1 rings (SSSR count). The molecule has 4 heteroatoms. The molecule has 0 unspecified atom stereocenters. The SMILES string of the molecule is C=CCN(CCOC)c1cc(C)c(F)cc1[C@H](C)N. The second-order valence-corrected chi connectivity index (χ2v) is 4.68. The van der Waals surface area contributed by atoms with Crippen LogP contribution in [0.25, 0.3) is 0 Å². The van der Waals surface area contributed by atoms with Crippen LogP contribution in [0, 0.1) is 12.7 Å². The van der Waals surface area contributed by atoms with Crippen LogP contribution in [-0.4, -0.2) is 26.8 Å². The highest BCUT2D eigenvalue weighted by molar-refractivity contribution is 5.57. The number of aryl methyl sites for hydroxylation is 1. The van der Waals surface area contributed by atoms with E-state index in [1.54, 1.807) is 14.0 Å². The number of rotatable bonds is 7. The molecule has 0 aliphatic rings. The first-order valence-corrected chi connectivity index (χ1v) is 6.41. The molecule has 1 aromatic carbocycles. The Hall–Kier alpha value is -1.39. The van der Waals surface area contributed by atoms with E-state index in [0.717, 1.165) is 11.3 Å². The lowest BCUT2D eigenvalue weighted by atomic mass is 10.0. The molecule has 19 heavy (non-hydrogen) atoms. The zero-order valence-corrected chi connectivity index (χ0v) is 11.9. The van der Waals surface area contributed by atoms with Crippen molar-refractivity contribution >= 4 is 5.69 Å². The summed E-state index contributed by atoms with van der Waals surface area (Å²) in [6, 6.07) is 3.14. The Morgan fingerprint density at radius 1 is 1.53 bits per heavy atom. The van der Waals surface area contributed by atoms with Gasteiger partial charge >= 0.3 is 0 Å². The summed E-state index contributed by atoms with van der Waals surface area (Å²) in [5.74, 6) is -0.221. The van der Waals surface area contributed by atoms with E-state index in [4.69, 9.17) is 10.5 Å². The third-order valence-corrected chi connectivity index (χ3v) is 3.05. The Bertz CT molecular complexity index is 432. The molecule has 0 aliphatic heterocycles. The molecule has 0 aliphatic carbocycles. The third kappa shape index (κ3) is 4.04. The number of halogens is 1. The van der Waals surface area contributed by atoms with Crippen molar-refractivity contribution in [1.82, 2.24) is 0 Å². The lowest BCUT2D eigenvalue weighted by molar-refractivity contribution is 0.205. The summed E-state index contributed by atoms with van der Waals surface area (Å²) in [5.41, 5.74) is 8.32. The first kappa shape index (κ1) is 15.7. The van der Waals surface area contributed by atoms with Crippen LogP contribution in [0.2, 0.25) is 0 Å². The number of ether oxygens (including phenoxy) is 1. The molecular formula is C15H23FN2O. The number of hydrogen-bond donors (Lipinski definition) is 1. The number of benzene rings is 1. The number of hydrogen-bond acceptors (Lipinski definition) is 3. The normalized spacial score (nSPS) is 12.3. The Labute approximate surface area is 114 Å². The van der Waals surface area contributed by atoms with Gasteiger partial charge < -0.3 is 15.4 Å². The van der Waals surface area contributed by atoms with Crippen molar-refractivity contribution in [3.63, 3.8) is 0 Å². The molecule has 0 saturated carbocycles. The molecule has 106 valence electrons. The summed E-state index contributed by atoms with van der Waals surface area (Å²) < 4.78 is 18.8. The average Bonchev–Trinajstić information content (AvgIpc) is 2.37. The predicted octanol–water partition coefficient (Wildman–Crippen LogP) is 2.79. The molecule has 0 amide bonds. The van der Waals surface area contributed by atoms with Gasteiger partial charge in [-0.3, -0.25) is 0 Å². The Morgan fingerprint density at radius 2 is 2.21 bits per heavy atom. The van der Waals surface area contributed by atoms with Gasteiger partial charge in [0.25, 0.3) is 0 Å². The van der Waals surface area contributed by atoms with Gasteiger partial charge in [0.15, 0.2) is 0 Å². The quantitative estimate of drug-likeness (QED) is 0.771. The number of nitrogens with zero attached hydrogens (tertiary/aromatic N) is 1. The highest BCUT2D eigenvalue weighted by atomic mass is 19.1. The van der Waals surface area contributed by atoms with E-state index >= 15 is 0 Å². The van der Waals surface area contributed by atoms with E-state index in [2.05, 4.69) is 11.5 Å². The van der Waals surface area contributed by atoms with Gasteiger partial charge in [-0.2, -0.15) is 0 Å². The molecule has 0 spiro atoms. The Kier molecular flexibility index (Phi) is 5.99. The summed E-state index contributed by atoms with van der Waals surface area (Å²) >= 11 is 0. The van der Waals surface area contributed by atoms with Crippen LogP contribution in [0.15, 0.2) is 24.8 Å². The van der Waals surface area contributed by atoms with Gasteiger partial charge in [0, 0.05) is 31.9 Å². The lowest BCUT2D eigenvalue weighted by Gasteiger charge is -2.27. The second-order valence-electron chi connectivity index (χ2n) is 4.68. The first-order chi connectivity index (χ1) is 9.01. The summed E-state index contributed by atoms with van der Waals surface area (Å²) in [6.07, 6.45) is 1.82. The van der Waals surface area contributed by atoms with Crippen molar-refractivity contribution in [2.45, 2.75) is 19.9 Å². The van der Waals surface area contributed by atoms with Gasteiger partial charge in [0.2, 0.25) is 0 Å². The monoisotopic (exact) mass is 266 g/mol. The maximum absolute atomic E-state index is 13.7. The fraction of sp³-hybridized carbons (Fsp3) is 0.467. The molecule has 0 fully saturated rings. The minimum absolute atomic E-state index is 0.221. The molecule has 1 atom stereocenters. The van der Waals surface area contributed by atoms with Crippen molar-refractivity contribution in [2.75, 3.05) is 31.7 Å². The molecule has 0 bridgehead atoms. The summed E-state index contributed by atoms with van der Waals surface area (Å²) in [7, 11) is 1.66. The summed E-state index contributed by atoms with van der Waals surface area (Å²) in [4.78, 5) is 2.10. The molecule has 0 aromatic heterocycles. The minimum atomic E-state index is -0.222. The molecular weight excluding hydrogens is 243 g/mol. The second kappa shape index (κ2) is 7.26. The first-order valence-electron chi connectivity index (χ1n) is 6.41. The fourth-order valence-corrected chi connectivity index (χ4v) is 1.99. The van der Waals surface area contributed by atoms with Crippen molar-refractivity contribution in [3.8, 4) is 0 Å². The van der Waals surface area contributed by atoms with E-state index in [1.165, 1.54) is 6.07 Å². The van der Waals surface area contributed by atoms with E-state index < -0.39 is 0 Å². The van der Waals surface area contributed by atoms with Crippen LogP contribution in [0.5, 0.6) is 0 Å². The highest BCUT2D eigenvalue weighted by Crippen LogP contribution is 2.28. The van der Waals surface area contributed by atoms with Crippen LogP contribution >= 0.6 is 0 Å². The Balaban J connectivity index is 3.18. The van der Waals surface area contributed by atoms with Gasteiger partial charge in [-0.25, -0.2) is 4.39 Å². The zero-order chi connectivity index (χ0) is 14.4. The molecule has 0 heterocycles. The average molecular weight is 266 g/mol. The number of nitrogens with two attached hydrogens (primary N) is 1. The summed E-state index contributed by atoms with van der Waals surface area (Å²) in [6.45, 7) is 9.36. The maximum atomic E-state index is 13.7. The largest absolute Gasteiger partial charge is 0.383 e. The van der Waals surface area contributed by atoms with E-state index in [1.807, 2.05) is 19.1 Å². The van der Waals surface area contributed by atoms with Crippen LogP contribution in [0.3, 0.4) is 0 Å². The van der Waals surface area contributed by atoms with Crippen LogP contribution in [0.1, 0.15) is 24.1 Å². The van der Waals surface area contributed by atoms with E-state index in [0.29, 0.717) is 25.3 Å². The standard InChI is InChI=1S/C15H23FN2O/c1-5-6-18(7-8-19-4)15-9-11(2)14(16)10-13(15)12(3)17/h5,9-10,12H,1,6-8,17H2,2-4H3/t12-/m0/s1. The van der Waals surface area contributed by atoms with Gasteiger partial charge in [-0.15, -0.1) is 6.58 Å². The third-order valence-electron chi connectivity index (χ3n) is 3.05. The minimum Gasteiger partial charge on any atom is -0.383 e. The Morgan fingerprint density at radius 3 is 2.74 bits per heavy atom. The maximum Gasteiger partial charge on any atom is 0.126 e. The van der Waals surface area contributed by atoms with Gasteiger partial charge in [0.1, 0.15) is 5.82 Å². The fourth-order valence-electron chi connectivity index (χ4n) is 1.99. The number of methoxy groups -OCH3 is 1. The zero-order valence-electron chi connectivity index (χ0n) is 11.9. The topological polar surface area (TPSA) is 38.5 Å². The van der Waals surface area contributed by atoms with Crippen LogP contribution in [0.4, 0.5) is 10.1 Å². The molecule has 2 N–H and O–H groups in total. The van der Waals surface area contributed by atoms with E-state index in [-0.39, 0.29) is 11.9 Å². The number of anilines is 1. The summed E-state index contributed by atoms with van der Waals surface area (Å²) in [5, 5.41) is 0. The predicted molar refractivity (Wildman–Crippen MR) is 78.0 cm³/mol. The molecule has 0 radical (unpaired) electrons.